The molecule has 2 rings (SSSR count). The maximum atomic E-state index is 12.4. The Balaban J connectivity index is 2.20. The van der Waals surface area contributed by atoms with Gasteiger partial charge >= 0.3 is 5.97 Å². The zero-order valence-corrected chi connectivity index (χ0v) is 15.0. The molecule has 0 aliphatic carbocycles. The minimum atomic E-state index is -3.84. The maximum absolute atomic E-state index is 12.4. The third-order valence-electron chi connectivity index (χ3n) is 2.91. The quantitative estimate of drug-likeness (QED) is 0.661. The van der Waals surface area contributed by atoms with Gasteiger partial charge < -0.3 is 4.74 Å². The zero-order valence-electron chi connectivity index (χ0n) is 13.4. The summed E-state index contributed by atoms with van der Waals surface area (Å²) < 4.78 is 27.8. The van der Waals surface area contributed by atoms with E-state index >= 15 is 0 Å². The predicted molar refractivity (Wildman–Crippen MR) is 90.7 cm³/mol. The first-order chi connectivity index (χ1) is 11.0. The molecule has 0 amide bonds. The fourth-order valence-corrected chi connectivity index (χ4v) is 3.59. The number of esters is 1. The number of nitrogens with two attached hydrogens (primary N) is 1. The van der Waals surface area contributed by atoms with Gasteiger partial charge in [-0.15, -0.1) is 11.3 Å². The number of sulfonamides is 1. The number of thiophene rings is 1. The minimum Gasteiger partial charge on any atom is -0.456 e. The highest BCUT2D eigenvalue weighted by atomic mass is 32.2. The molecule has 0 spiro atoms. The number of primary sulfonamides is 1. The summed E-state index contributed by atoms with van der Waals surface area (Å²) >= 11 is 0.997. The number of hydrogen-bond donors (Lipinski definition) is 1. The third kappa shape index (κ3) is 4.50. The van der Waals surface area contributed by atoms with E-state index in [-0.39, 0.29) is 15.6 Å². The second kappa shape index (κ2) is 6.46. The molecule has 24 heavy (non-hydrogen) atoms. The molecule has 0 unspecified atom stereocenters. The van der Waals surface area contributed by atoms with Crippen molar-refractivity contribution >= 4 is 33.1 Å². The fourth-order valence-electron chi connectivity index (χ4n) is 1.82. The Bertz CT molecular complexity index is 874. The Hall–Kier alpha value is -2.03. The highest BCUT2D eigenvalue weighted by Gasteiger charge is 2.19. The molecule has 0 saturated carbocycles. The third-order valence-corrected chi connectivity index (χ3v) is 4.88. The van der Waals surface area contributed by atoms with Crippen LogP contribution in [0.5, 0.6) is 0 Å². The Labute approximate surface area is 144 Å². The summed E-state index contributed by atoms with van der Waals surface area (Å²) in [5.74, 6) is -0.820. The van der Waals surface area contributed by atoms with Gasteiger partial charge in [-0.1, -0.05) is 12.1 Å². The van der Waals surface area contributed by atoms with Crippen LogP contribution < -0.4 is 5.14 Å². The molecule has 0 aliphatic rings. The largest absolute Gasteiger partial charge is 0.456 e. The minimum absolute atomic E-state index is 0.0961. The van der Waals surface area contributed by atoms with E-state index < -0.39 is 21.6 Å². The van der Waals surface area contributed by atoms with Crippen LogP contribution in [0.4, 0.5) is 0 Å². The van der Waals surface area contributed by atoms with Gasteiger partial charge in [-0.3, -0.25) is 4.79 Å². The molecule has 6 nitrogen and oxygen atoms in total. The van der Waals surface area contributed by atoms with Crippen LogP contribution in [0.3, 0.4) is 0 Å². The van der Waals surface area contributed by atoms with Crippen molar-refractivity contribution in [2.45, 2.75) is 31.3 Å². The molecular weight excluding hydrogens is 350 g/mol. The SMILES string of the molecule is CC(C)(C)OC(=O)c1ccc(C(=O)c2cc(S(N)(=O)=O)cs2)cc1. The second-order valence-electron chi connectivity index (χ2n) is 6.10. The van der Waals surface area contributed by atoms with Gasteiger partial charge in [0.25, 0.3) is 0 Å². The average molecular weight is 367 g/mol. The van der Waals surface area contributed by atoms with E-state index in [0.29, 0.717) is 11.1 Å². The van der Waals surface area contributed by atoms with Crippen LogP contribution in [-0.4, -0.2) is 25.8 Å². The normalized spacial score (nSPS) is 12.0. The summed E-state index contributed by atoms with van der Waals surface area (Å²) in [6.45, 7) is 5.30. The molecule has 0 aliphatic heterocycles. The number of carbonyl (C=O) groups is 2. The van der Waals surface area contributed by atoms with Gasteiger partial charge in [0, 0.05) is 10.9 Å². The molecule has 0 bridgehead atoms. The Kier molecular flexibility index (Phi) is 4.93. The average Bonchev–Trinajstić information content (AvgIpc) is 2.94. The summed E-state index contributed by atoms with van der Waals surface area (Å²) in [4.78, 5) is 24.5. The van der Waals surface area contributed by atoms with Crippen molar-refractivity contribution in [2.75, 3.05) is 0 Å². The van der Waals surface area contributed by atoms with E-state index in [2.05, 4.69) is 0 Å². The lowest BCUT2D eigenvalue weighted by atomic mass is 10.1. The summed E-state index contributed by atoms with van der Waals surface area (Å²) in [6.07, 6.45) is 0. The van der Waals surface area contributed by atoms with Gasteiger partial charge in [-0.05, 0) is 39.0 Å². The monoisotopic (exact) mass is 367 g/mol. The van der Waals surface area contributed by atoms with Crippen LogP contribution in [0.1, 0.15) is 46.4 Å². The lowest BCUT2D eigenvalue weighted by Gasteiger charge is -2.19. The summed E-state index contributed by atoms with van der Waals surface area (Å²) in [5, 5.41) is 6.35. The van der Waals surface area contributed by atoms with Crippen molar-refractivity contribution in [3.63, 3.8) is 0 Å². The molecule has 0 saturated heterocycles. The second-order valence-corrected chi connectivity index (χ2v) is 8.57. The highest BCUT2D eigenvalue weighted by Crippen LogP contribution is 2.22. The number of ether oxygens (including phenoxy) is 1. The predicted octanol–water partition coefficient (Wildman–Crippen LogP) is 2.58. The van der Waals surface area contributed by atoms with Crippen LogP contribution in [0, 0.1) is 0 Å². The Morgan fingerprint density at radius 3 is 2.08 bits per heavy atom. The fraction of sp³-hybridized carbons (Fsp3) is 0.250. The molecule has 0 fully saturated rings. The standard InChI is InChI=1S/C16H17NO5S2/c1-16(2,3)22-15(19)11-6-4-10(5-7-11)14(18)13-8-12(9-23-13)24(17,20)21/h4-9H,1-3H3,(H2,17,20,21). The van der Waals surface area contributed by atoms with Gasteiger partial charge in [0.1, 0.15) is 5.60 Å². The lowest BCUT2D eigenvalue weighted by molar-refractivity contribution is 0.00693. The number of benzene rings is 1. The van der Waals surface area contributed by atoms with Crippen LogP contribution in [0.25, 0.3) is 0 Å². The topological polar surface area (TPSA) is 104 Å². The van der Waals surface area contributed by atoms with Crippen LogP contribution >= 0.6 is 11.3 Å². The summed E-state index contributed by atoms with van der Waals surface area (Å²) in [6, 6.07) is 7.23. The molecule has 0 radical (unpaired) electrons. The van der Waals surface area contributed by atoms with Gasteiger partial charge in [0.05, 0.1) is 15.3 Å². The molecular formula is C16H17NO5S2. The first-order valence-electron chi connectivity index (χ1n) is 6.97. The van der Waals surface area contributed by atoms with Gasteiger partial charge in [0.2, 0.25) is 15.8 Å². The van der Waals surface area contributed by atoms with E-state index in [0.717, 1.165) is 11.3 Å². The number of hydrogen-bond acceptors (Lipinski definition) is 6. The van der Waals surface area contributed by atoms with Crippen molar-refractivity contribution in [1.29, 1.82) is 0 Å². The van der Waals surface area contributed by atoms with E-state index in [1.54, 1.807) is 20.8 Å². The molecule has 8 heteroatoms. The van der Waals surface area contributed by atoms with Crippen molar-refractivity contribution < 1.29 is 22.7 Å². The van der Waals surface area contributed by atoms with Gasteiger partial charge in [-0.25, -0.2) is 18.4 Å². The lowest BCUT2D eigenvalue weighted by Crippen LogP contribution is -2.23. The molecule has 1 aromatic heterocycles. The van der Waals surface area contributed by atoms with Gasteiger partial charge in [-0.2, -0.15) is 0 Å². The first kappa shape index (κ1) is 18.3. The van der Waals surface area contributed by atoms with E-state index in [4.69, 9.17) is 9.88 Å². The number of carbonyl (C=O) groups excluding carboxylic acids is 2. The molecule has 128 valence electrons. The molecule has 2 N–H and O–H groups in total. The smallest absolute Gasteiger partial charge is 0.338 e. The van der Waals surface area contributed by atoms with E-state index in [1.807, 2.05) is 0 Å². The van der Waals surface area contributed by atoms with Gasteiger partial charge in [0.15, 0.2) is 0 Å². The van der Waals surface area contributed by atoms with Crippen molar-refractivity contribution in [2.24, 2.45) is 5.14 Å². The zero-order chi connectivity index (χ0) is 18.1. The molecule has 0 atom stereocenters. The van der Waals surface area contributed by atoms with Crippen molar-refractivity contribution in [3.05, 3.63) is 51.7 Å². The van der Waals surface area contributed by atoms with Crippen molar-refractivity contribution in [1.82, 2.24) is 0 Å². The van der Waals surface area contributed by atoms with Crippen LogP contribution in [0.2, 0.25) is 0 Å². The Morgan fingerprint density at radius 1 is 1.08 bits per heavy atom. The maximum Gasteiger partial charge on any atom is 0.338 e. The molecule has 1 heterocycles. The number of rotatable bonds is 4. The molecule has 1 aromatic carbocycles. The summed E-state index contributed by atoms with van der Waals surface area (Å²) in [7, 11) is -3.84. The van der Waals surface area contributed by atoms with Crippen LogP contribution in [-0.2, 0) is 14.8 Å². The van der Waals surface area contributed by atoms with E-state index in [9.17, 15) is 18.0 Å². The van der Waals surface area contributed by atoms with E-state index in [1.165, 1.54) is 35.7 Å². The highest BCUT2D eigenvalue weighted by molar-refractivity contribution is 7.89. The van der Waals surface area contributed by atoms with Crippen LogP contribution in [0.15, 0.2) is 40.6 Å². The number of ketones is 1. The van der Waals surface area contributed by atoms with Crippen molar-refractivity contribution in [3.8, 4) is 0 Å². The first-order valence-corrected chi connectivity index (χ1v) is 9.39. The Morgan fingerprint density at radius 2 is 1.62 bits per heavy atom. The molecule has 2 aromatic rings. The summed E-state index contributed by atoms with van der Waals surface area (Å²) in [5.41, 5.74) is 0.0649.